The van der Waals surface area contributed by atoms with Gasteiger partial charge in [0.05, 0.1) is 39.6 Å². The first-order valence-electron chi connectivity index (χ1n) is 13.4. The van der Waals surface area contributed by atoms with E-state index in [1.54, 1.807) is 0 Å². The molecule has 0 fully saturated rings. The minimum Gasteiger partial charge on any atom is -0.463 e. The van der Waals surface area contributed by atoms with Gasteiger partial charge >= 0.3 is 5.97 Å². The van der Waals surface area contributed by atoms with Crippen molar-refractivity contribution in [1.82, 2.24) is 10.6 Å². The number of amides is 2. The van der Waals surface area contributed by atoms with Gasteiger partial charge in [0, 0.05) is 25.4 Å². The van der Waals surface area contributed by atoms with Crippen LogP contribution in [0.2, 0.25) is 0 Å². The highest BCUT2D eigenvalue weighted by molar-refractivity contribution is 7.80. The summed E-state index contributed by atoms with van der Waals surface area (Å²) in [6, 6.07) is 16.3. The SMILES string of the molecule is O=C(CCS)NCCOCCOCCNC(=O)COCCOCC(=O)OCC1c2ccccc2-c2ccccc21. The summed E-state index contributed by atoms with van der Waals surface area (Å²) in [5.74, 6) is -0.237. The molecule has 0 spiro atoms. The molecule has 218 valence electrons. The first-order valence-corrected chi connectivity index (χ1v) is 14.0. The van der Waals surface area contributed by atoms with Crippen molar-refractivity contribution in [2.45, 2.75) is 12.3 Å². The van der Waals surface area contributed by atoms with Gasteiger partial charge in [0.2, 0.25) is 11.8 Å². The van der Waals surface area contributed by atoms with Crippen molar-refractivity contribution in [3.63, 3.8) is 0 Å². The van der Waals surface area contributed by atoms with Gasteiger partial charge in [0.1, 0.15) is 19.8 Å². The first kappa shape index (κ1) is 31.6. The minimum atomic E-state index is -0.444. The topological polar surface area (TPSA) is 121 Å². The van der Waals surface area contributed by atoms with Gasteiger partial charge in [-0.15, -0.1) is 0 Å². The lowest BCUT2D eigenvalue weighted by molar-refractivity contribution is -0.150. The third-order valence-electron chi connectivity index (χ3n) is 6.05. The van der Waals surface area contributed by atoms with Crippen LogP contribution in [0.1, 0.15) is 23.5 Å². The quantitative estimate of drug-likeness (QED) is 0.125. The Balaban J connectivity index is 1.13. The molecule has 0 unspecified atom stereocenters. The van der Waals surface area contributed by atoms with Crippen molar-refractivity contribution in [3.05, 3.63) is 59.7 Å². The number of hydrogen-bond donors (Lipinski definition) is 3. The highest BCUT2D eigenvalue weighted by Crippen LogP contribution is 2.44. The molecule has 0 saturated heterocycles. The zero-order valence-corrected chi connectivity index (χ0v) is 23.5. The van der Waals surface area contributed by atoms with E-state index in [1.165, 1.54) is 11.1 Å². The molecule has 2 aromatic carbocycles. The van der Waals surface area contributed by atoms with Crippen LogP contribution in [0.15, 0.2) is 48.5 Å². The molecule has 1 aliphatic rings. The molecule has 2 amide bonds. The minimum absolute atomic E-state index is 0.00512. The molecular formula is C29H38N2O8S. The van der Waals surface area contributed by atoms with E-state index in [4.69, 9.17) is 23.7 Å². The predicted octanol–water partition coefficient (Wildman–Crippen LogP) is 1.96. The van der Waals surface area contributed by atoms with Crippen LogP contribution in [-0.4, -0.2) is 96.1 Å². The van der Waals surface area contributed by atoms with Crippen LogP contribution in [0.5, 0.6) is 0 Å². The Morgan fingerprint density at radius 1 is 0.675 bits per heavy atom. The van der Waals surface area contributed by atoms with Crippen molar-refractivity contribution < 1.29 is 38.1 Å². The normalized spacial score (nSPS) is 12.0. The third-order valence-corrected chi connectivity index (χ3v) is 6.27. The van der Waals surface area contributed by atoms with Crippen LogP contribution < -0.4 is 10.6 Å². The van der Waals surface area contributed by atoms with E-state index in [-0.39, 0.29) is 50.8 Å². The maximum atomic E-state index is 12.2. The molecule has 40 heavy (non-hydrogen) atoms. The summed E-state index contributed by atoms with van der Waals surface area (Å²) >= 11 is 3.99. The Morgan fingerprint density at radius 3 is 1.80 bits per heavy atom. The molecule has 0 radical (unpaired) electrons. The average Bonchev–Trinajstić information content (AvgIpc) is 3.28. The van der Waals surface area contributed by atoms with Crippen molar-refractivity contribution >= 4 is 30.4 Å². The monoisotopic (exact) mass is 574 g/mol. The molecule has 0 saturated carbocycles. The second-order valence-corrected chi connectivity index (χ2v) is 9.36. The summed E-state index contributed by atoms with van der Waals surface area (Å²) in [7, 11) is 0. The fraction of sp³-hybridized carbons (Fsp3) is 0.483. The van der Waals surface area contributed by atoms with Gasteiger partial charge in [-0.2, -0.15) is 12.6 Å². The number of rotatable bonds is 20. The second kappa shape index (κ2) is 18.4. The number of hydrogen-bond acceptors (Lipinski definition) is 9. The standard InChI is InChI=1S/C29H38N2O8S/c32-27(9-18-40)30-10-12-35-14-15-36-13-11-31-28(33)20-37-16-17-38-21-29(34)39-19-26-24-7-3-1-5-22(24)23-6-2-4-8-25(23)26/h1-8,26,40H,9-21H2,(H,30,32)(H,31,33). The molecule has 0 bridgehead atoms. The first-order chi connectivity index (χ1) is 19.6. The molecule has 1 aliphatic carbocycles. The number of benzene rings is 2. The Bertz CT molecular complexity index is 1040. The Morgan fingerprint density at radius 2 is 1.20 bits per heavy atom. The summed E-state index contributed by atoms with van der Waals surface area (Å²) in [5, 5.41) is 5.41. The molecule has 0 heterocycles. The van der Waals surface area contributed by atoms with Gasteiger partial charge in [0.15, 0.2) is 0 Å². The van der Waals surface area contributed by atoms with Crippen LogP contribution in [0, 0.1) is 0 Å². The fourth-order valence-corrected chi connectivity index (χ4v) is 4.39. The zero-order valence-electron chi connectivity index (χ0n) is 22.6. The summed E-state index contributed by atoms with van der Waals surface area (Å²) in [4.78, 5) is 35.2. The maximum absolute atomic E-state index is 12.2. The molecule has 11 heteroatoms. The molecule has 0 aliphatic heterocycles. The largest absolute Gasteiger partial charge is 0.463 e. The molecule has 0 atom stereocenters. The molecule has 0 aromatic heterocycles. The lowest BCUT2D eigenvalue weighted by atomic mass is 9.98. The van der Waals surface area contributed by atoms with Crippen molar-refractivity contribution in [2.24, 2.45) is 0 Å². The molecule has 10 nitrogen and oxygen atoms in total. The van der Waals surface area contributed by atoms with Gasteiger partial charge in [-0.3, -0.25) is 9.59 Å². The van der Waals surface area contributed by atoms with Crippen molar-refractivity contribution in [2.75, 3.05) is 78.3 Å². The van der Waals surface area contributed by atoms with E-state index in [0.29, 0.717) is 51.7 Å². The number of fused-ring (bicyclic) bond motifs is 3. The van der Waals surface area contributed by atoms with Crippen LogP contribution in [0.4, 0.5) is 0 Å². The van der Waals surface area contributed by atoms with Crippen LogP contribution in [0.3, 0.4) is 0 Å². The van der Waals surface area contributed by atoms with Crippen molar-refractivity contribution in [1.29, 1.82) is 0 Å². The summed E-state index contributed by atoms with van der Waals surface area (Å²) in [6.45, 7) is 2.62. The van der Waals surface area contributed by atoms with E-state index in [9.17, 15) is 14.4 Å². The number of nitrogens with one attached hydrogen (secondary N) is 2. The number of thiol groups is 1. The van der Waals surface area contributed by atoms with Crippen molar-refractivity contribution in [3.8, 4) is 11.1 Å². The highest BCUT2D eigenvalue weighted by atomic mass is 32.1. The Labute approximate surface area is 240 Å². The average molecular weight is 575 g/mol. The van der Waals surface area contributed by atoms with E-state index >= 15 is 0 Å². The van der Waals surface area contributed by atoms with Gasteiger partial charge in [-0.1, -0.05) is 48.5 Å². The number of esters is 1. The summed E-state index contributed by atoms with van der Waals surface area (Å²) in [6.07, 6.45) is 0.389. The predicted molar refractivity (Wildman–Crippen MR) is 152 cm³/mol. The summed E-state index contributed by atoms with van der Waals surface area (Å²) < 4.78 is 26.8. The van der Waals surface area contributed by atoms with Gasteiger partial charge in [-0.25, -0.2) is 4.79 Å². The second-order valence-electron chi connectivity index (χ2n) is 8.91. The molecular weight excluding hydrogens is 536 g/mol. The van der Waals surface area contributed by atoms with Gasteiger partial charge < -0.3 is 34.3 Å². The Kier molecular flexibility index (Phi) is 14.5. The third kappa shape index (κ3) is 10.9. The van der Waals surface area contributed by atoms with E-state index in [0.717, 1.165) is 11.1 Å². The number of ether oxygens (including phenoxy) is 5. The molecule has 2 aromatic rings. The summed E-state index contributed by atoms with van der Waals surface area (Å²) in [5.41, 5.74) is 4.66. The fourth-order valence-electron chi connectivity index (χ4n) is 4.18. The van der Waals surface area contributed by atoms with E-state index < -0.39 is 5.97 Å². The number of carbonyl (C=O) groups is 3. The number of carbonyl (C=O) groups excluding carboxylic acids is 3. The smallest absolute Gasteiger partial charge is 0.332 e. The van der Waals surface area contributed by atoms with Gasteiger partial charge in [-0.05, 0) is 28.0 Å². The lowest BCUT2D eigenvalue weighted by Gasteiger charge is -2.14. The van der Waals surface area contributed by atoms with E-state index in [1.807, 2.05) is 24.3 Å². The maximum Gasteiger partial charge on any atom is 0.332 e. The van der Waals surface area contributed by atoms with Crippen LogP contribution in [-0.2, 0) is 38.1 Å². The van der Waals surface area contributed by atoms with E-state index in [2.05, 4.69) is 47.5 Å². The molecule has 3 rings (SSSR count). The highest BCUT2D eigenvalue weighted by Gasteiger charge is 2.28. The van der Waals surface area contributed by atoms with Crippen LogP contribution >= 0.6 is 12.6 Å². The molecule has 2 N–H and O–H groups in total. The van der Waals surface area contributed by atoms with Crippen LogP contribution in [0.25, 0.3) is 11.1 Å². The zero-order chi connectivity index (χ0) is 28.4. The Hall–Kier alpha value is -2.96. The lowest BCUT2D eigenvalue weighted by Crippen LogP contribution is -2.31. The van der Waals surface area contributed by atoms with Gasteiger partial charge in [0.25, 0.3) is 0 Å².